The molecule has 1 aromatic carbocycles. The van der Waals surface area contributed by atoms with Crippen molar-refractivity contribution >= 4 is 60.0 Å². The SMILES string of the molecule is O=C(Nc1nc2c(s1)C(=O)CCC2)c1cc(Br)c(O)c(Br)c1. The number of fused-ring (bicyclic) bond motifs is 1. The zero-order valence-corrected chi connectivity index (χ0v) is 15.1. The third-order valence-corrected chi connectivity index (χ3v) is 5.53. The molecule has 1 aromatic heterocycles. The minimum Gasteiger partial charge on any atom is -0.506 e. The summed E-state index contributed by atoms with van der Waals surface area (Å²) >= 11 is 7.59. The number of anilines is 1. The number of nitrogens with zero attached hydrogens (tertiary/aromatic N) is 1. The van der Waals surface area contributed by atoms with Gasteiger partial charge in [-0.3, -0.25) is 14.9 Å². The summed E-state index contributed by atoms with van der Waals surface area (Å²) in [6.45, 7) is 0. The number of aryl methyl sites for hydroxylation is 1. The fourth-order valence-corrected chi connectivity index (χ4v) is 4.35. The Labute approximate surface area is 147 Å². The lowest BCUT2D eigenvalue weighted by Crippen LogP contribution is -2.12. The lowest BCUT2D eigenvalue weighted by atomic mass is 10.0. The fraction of sp³-hybridized carbons (Fsp3) is 0.214. The number of amides is 1. The fourth-order valence-electron chi connectivity index (χ4n) is 2.19. The second-order valence-corrected chi connectivity index (χ2v) is 7.52. The van der Waals surface area contributed by atoms with Crippen LogP contribution >= 0.6 is 43.2 Å². The molecular formula is C14H10Br2N2O3S. The molecular weight excluding hydrogens is 436 g/mol. The monoisotopic (exact) mass is 444 g/mol. The smallest absolute Gasteiger partial charge is 0.257 e. The molecule has 1 amide bonds. The predicted octanol–water partition coefficient (Wildman–Crippen LogP) is 4.15. The lowest BCUT2D eigenvalue weighted by Gasteiger charge is -2.06. The molecule has 2 aromatic rings. The molecule has 0 radical (unpaired) electrons. The number of phenolic OH excluding ortho intramolecular Hbond substituents is 1. The van der Waals surface area contributed by atoms with E-state index in [0.717, 1.165) is 18.5 Å². The largest absolute Gasteiger partial charge is 0.506 e. The molecule has 0 atom stereocenters. The van der Waals surface area contributed by atoms with Gasteiger partial charge in [0.15, 0.2) is 10.9 Å². The van der Waals surface area contributed by atoms with Crippen molar-refractivity contribution in [3.8, 4) is 5.75 Å². The molecule has 1 heterocycles. The Hall–Kier alpha value is -1.25. The van der Waals surface area contributed by atoms with Crippen LogP contribution in [0.15, 0.2) is 21.1 Å². The Bertz CT molecular complexity index is 765. The molecule has 0 bridgehead atoms. The highest BCUT2D eigenvalue weighted by atomic mass is 79.9. The summed E-state index contributed by atoms with van der Waals surface area (Å²) in [4.78, 5) is 29.0. The van der Waals surface area contributed by atoms with Crippen molar-refractivity contribution in [2.75, 3.05) is 5.32 Å². The third kappa shape index (κ3) is 2.95. The Kier molecular flexibility index (Phi) is 4.33. The van der Waals surface area contributed by atoms with Gasteiger partial charge in [-0.1, -0.05) is 11.3 Å². The standard InChI is InChI=1S/C14H10Br2N2O3S/c15-7-4-6(5-8(16)11(7)20)13(21)18-14-17-9-2-1-3-10(19)12(9)22-14/h4-5,20H,1-3H2,(H,17,18,21). The van der Waals surface area contributed by atoms with Crippen LogP contribution in [0.4, 0.5) is 5.13 Å². The Morgan fingerprint density at radius 2 is 1.95 bits per heavy atom. The highest BCUT2D eigenvalue weighted by Gasteiger charge is 2.23. The van der Waals surface area contributed by atoms with Gasteiger partial charge in [-0.05, 0) is 56.8 Å². The normalized spacial score (nSPS) is 13.8. The van der Waals surface area contributed by atoms with Crippen LogP contribution in [0.1, 0.15) is 38.6 Å². The van der Waals surface area contributed by atoms with E-state index in [1.54, 1.807) is 0 Å². The van der Waals surface area contributed by atoms with Gasteiger partial charge in [0.25, 0.3) is 5.91 Å². The van der Waals surface area contributed by atoms with Crippen LogP contribution in [-0.2, 0) is 6.42 Å². The number of hydrogen-bond acceptors (Lipinski definition) is 5. The summed E-state index contributed by atoms with van der Waals surface area (Å²) in [7, 11) is 0. The Morgan fingerprint density at radius 1 is 1.27 bits per heavy atom. The molecule has 0 fully saturated rings. The van der Waals surface area contributed by atoms with E-state index in [0.29, 0.717) is 30.9 Å². The number of Topliss-reactive ketones (excluding diaryl/α,β-unsaturated/α-hetero) is 1. The molecule has 0 spiro atoms. The Morgan fingerprint density at radius 3 is 2.59 bits per heavy atom. The summed E-state index contributed by atoms with van der Waals surface area (Å²) < 4.78 is 0.835. The molecule has 1 aliphatic rings. The number of benzene rings is 1. The number of aromatic nitrogens is 1. The van der Waals surface area contributed by atoms with Crippen LogP contribution in [0.5, 0.6) is 5.75 Å². The minimum absolute atomic E-state index is 0.0341. The van der Waals surface area contributed by atoms with Gasteiger partial charge in [0.05, 0.1) is 19.5 Å². The summed E-state index contributed by atoms with van der Waals surface area (Å²) in [5.74, 6) is -0.221. The van der Waals surface area contributed by atoms with Crippen molar-refractivity contribution in [3.63, 3.8) is 0 Å². The summed E-state index contributed by atoms with van der Waals surface area (Å²) in [6.07, 6.45) is 2.12. The molecule has 8 heteroatoms. The van der Waals surface area contributed by atoms with E-state index < -0.39 is 0 Å². The van der Waals surface area contributed by atoms with Crippen LogP contribution in [0.2, 0.25) is 0 Å². The second kappa shape index (κ2) is 6.10. The molecule has 0 saturated heterocycles. The van der Waals surface area contributed by atoms with Crippen LogP contribution in [0.3, 0.4) is 0 Å². The van der Waals surface area contributed by atoms with Gasteiger partial charge in [-0.25, -0.2) is 4.98 Å². The number of halogens is 2. The zero-order chi connectivity index (χ0) is 15.9. The lowest BCUT2D eigenvalue weighted by molar-refractivity contribution is 0.0975. The third-order valence-electron chi connectivity index (χ3n) is 3.27. The number of carbonyl (C=O) groups excluding carboxylic acids is 2. The summed E-state index contributed by atoms with van der Waals surface area (Å²) in [5, 5.41) is 12.8. The summed E-state index contributed by atoms with van der Waals surface area (Å²) in [6, 6.07) is 3.04. The molecule has 0 saturated carbocycles. The van der Waals surface area contributed by atoms with Crippen molar-refractivity contribution in [1.29, 1.82) is 0 Å². The van der Waals surface area contributed by atoms with E-state index in [1.165, 1.54) is 23.5 Å². The topological polar surface area (TPSA) is 79.3 Å². The molecule has 114 valence electrons. The Balaban J connectivity index is 1.84. The first-order valence-electron chi connectivity index (χ1n) is 6.48. The summed E-state index contributed by atoms with van der Waals surface area (Å²) in [5.41, 5.74) is 1.14. The molecule has 0 unspecified atom stereocenters. The van der Waals surface area contributed by atoms with E-state index in [-0.39, 0.29) is 17.4 Å². The quantitative estimate of drug-likeness (QED) is 0.727. The number of ketones is 1. The molecule has 2 N–H and O–H groups in total. The van der Waals surface area contributed by atoms with E-state index >= 15 is 0 Å². The average Bonchev–Trinajstić information content (AvgIpc) is 2.88. The van der Waals surface area contributed by atoms with Gasteiger partial charge < -0.3 is 5.11 Å². The van der Waals surface area contributed by atoms with Gasteiger partial charge in [0.1, 0.15) is 5.75 Å². The average molecular weight is 446 g/mol. The molecule has 1 aliphatic carbocycles. The number of phenols is 1. The van der Waals surface area contributed by atoms with Crippen LogP contribution in [-0.4, -0.2) is 21.8 Å². The van der Waals surface area contributed by atoms with Gasteiger partial charge in [0.2, 0.25) is 0 Å². The molecule has 22 heavy (non-hydrogen) atoms. The highest BCUT2D eigenvalue weighted by molar-refractivity contribution is 9.11. The number of rotatable bonds is 2. The predicted molar refractivity (Wildman–Crippen MR) is 90.8 cm³/mol. The second-order valence-electron chi connectivity index (χ2n) is 4.81. The van der Waals surface area contributed by atoms with Gasteiger partial charge in [0, 0.05) is 12.0 Å². The highest BCUT2D eigenvalue weighted by Crippen LogP contribution is 2.34. The van der Waals surface area contributed by atoms with Crippen LogP contribution in [0, 0.1) is 0 Å². The number of carbonyl (C=O) groups is 2. The van der Waals surface area contributed by atoms with Crippen molar-refractivity contribution in [2.45, 2.75) is 19.3 Å². The first kappa shape index (κ1) is 15.6. The van der Waals surface area contributed by atoms with E-state index in [9.17, 15) is 14.7 Å². The van der Waals surface area contributed by atoms with E-state index in [2.05, 4.69) is 42.2 Å². The van der Waals surface area contributed by atoms with Gasteiger partial charge in [-0.2, -0.15) is 0 Å². The molecule has 0 aliphatic heterocycles. The minimum atomic E-state index is -0.347. The van der Waals surface area contributed by atoms with Gasteiger partial charge in [-0.15, -0.1) is 0 Å². The van der Waals surface area contributed by atoms with E-state index in [1.807, 2.05) is 0 Å². The number of hydrogen-bond donors (Lipinski definition) is 2. The first-order valence-corrected chi connectivity index (χ1v) is 8.88. The maximum atomic E-state index is 12.3. The van der Waals surface area contributed by atoms with Gasteiger partial charge >= 0.3 is 0 Å². The maximum Gasteiger partial charge on any atom is 0.257 e. The van der Waals surface area contributed by atoms with E-state index in [4.69, 9.17) is 0 Å². The van der Waals surface area contributed by atoms with Crippen LogP contribution < -0.4 is 5.32 Å². The van der Waals surface area contributed by atoms with Crippen molar-refractivity contribution < 1.29 is 14.7 Å². The number of nitrogens with one attached hydrogen (secondary N) is 1. The molecule has 5 nitrogen and oxygen atoms in total. The number of aromatic hydroxyl groups is 1. The van der Waals surface area contributed by atoms with Crippen molar-refractivity contribution in [1.82, 2.24) is 4.98 Å². The number of thiazole rings is 1. The maximum absolute atomic E-state index is 12.3. The first-order chi connectivity index (χ1) is 10.5. The molecule has 3 rings (SSSR count). The van der Waals surface area contributed by atoms with Crippen molar-refractivity contribution in [3.05, 3.63) is 37.2 Å². The van der Waals surface area contributed by atoms with Crippen LogP contribution in [0.25, 0.3) is 0 Å². The zero-order valence-electron chi connectivity index (χ0n) is 11.2. The van der Waals surface area contributed by atoms with Crippen molar-refractivity contribution in [2.24, 2.45) is 0 Å².